The number of nitrogens with one attached hydrogen (secondary N) is 1. The zero-order chi connectivity index (χ0) is 19.0. The lowest BCUT2D eigenvalue weighted by molar-refractivity contribution is -0.143. The fourth-order valence-corrected chi connectivity index (χ4v) is 4.28. The zero-order valence-electron chi connectivity index (χ0n) is 15.4. The molecule has 1 heterocycles. The lowest BCUT2D eigenvalue weighted by Crippen LogP contribution is -2.48. The Morgan fingerprint density at radius 3 is 2.37 bits per heavy atom. The Morgan fingerprint density at radius 2 is 1.74 bits per heavy atom. The number of rotatable bonds is 6. The molecule has 4 rings (SSSR count). The highest BCUT2D eigenvalue weighted by Gasteiger charge is 2.45. The Hall–Kier alpha value is -2.37. The van der Waals surface area contributed by atoms with Gasteiger partial charge in [0.1, 0.15) is 6.04 Å². The molecule has 3 aliphatic rings. The predicted octanol–water partition coefficient (Wildman–Crippen LogP) is 3.14. The van der Waals surface area contributed by atoms with Crippen molar-refractivity contribution in [2.24, 2.45) is 17.8 Å². The van der Waals surface area contributed by atoms with E-state index in [4.69, 9.17) is 0 Å². The Labute approximate surface area is 158 Å². The van der Waals surface area contributed by atoms with Gasteiger partial charge in [0.15, 0.2) is 0 Å². The fourth-order valence-electron chi connectivity index (χ4n) is 4.28. The van der Waals surface area contributed by atoms with Crippen LogP contribution in [0.25, 0.3) is 0 Å². The average molecular weight is 370 g/mol. The summed E-state index contributed by atoms with van der Waals surface area (Å²) in [5, 5.41) is 12.4. The van der Waals surface area contributed by atoms with E-state index in [1.165, 1.54) is 4.90 Å². The summed E-state index contributed by atoms with van der Waals surface area (Å²) in [4.78, 5) is 38.5. The molecule has 2 aliphatic carbocycles. The third-order valence-corrected chi connectivity index (χ3v) is 5.99. The fraction of sp³-hybridized carbons (Fsp3) is 0.571. The first-order valence-corrected chi connectivity index (χ1v) is 9.99. The van der Waals surface area contributed by atoms with Crippen LogP contribution < -0.4 is 5.32 Å². The van der Waals surface area contributed by atoms with E-state index in [1.807, 2.05) is 0 Å². The lowest BCUT2D eigenvalue weighted by Gasteiger charge is -2.33. The summed E-state index contributed by atoms with van der Waals surface area (Å²) in [7, 11) is 0. The monoisotopic (exact) mass is 370 g/mol. The number of hydrogen-bond donors (Lipinski definition) is 2. The van der Waals surface area contributed by atoms with Crippen molar-refractivity contribution < 1.29 is 19.5 Å². The minimum Gasteiger partial charge on any atom is -0.480 e. The van der Waals surface area contributed by atoms with Crippen LogP contribution in [0.15, 0.2) is 24.3 Å². The first kappa shape index (κ1) is 18.0. The number of anilines is 1. The summed E-state index contributed by atoms with van der Waals surface area (Å²) in [5.74, 6) is -0.0313. The second-order valence-corrected chi connectivity index (χ2v) is 8.12. The van der Waals surface area contributed by atoms with E-state index >= 15 is 0 Å². The smallest absolute Gasteiger partial charge is 0.326 e. The number of carbonyl (C=O) groups excluding carboxylic acids is 2. The van der Waals surface area contributed by atoms with Gasteiger partial charge in [-0.15, -0.1) is 0 Å². The van der Waals surface area contributed by atoms with E-state index in [1.54, 1.807) is 24.3 Å². The van der Waals surface area contributed by atoms with Crippen molar-refractivity contribution in [2.75, 3.05) is 11.9 Å². The molecule has 6 heteroatoms. The Balaban J connectivity index is 1.47. The van der Waals surface area contributed by atoms with Crippen LogP contribution in [0.4, 0.5) is 5.69 Å². The zero-order valence-corrected chi connectivity index (χ0v) is 15.4. The summed E-state index contributed by atoms with van der Waals surface area (Å²) in [6.07, 6.45) is 6.67. The van der Waals surface area contributed by atoms with Crippen LogP contribution in [-0.2, 0) is 9.59 Å². The maximum absolute atomic E-state index is 12.9. The van der Waals surface area contributed by atoms with E-state index in [0.29, 0.717) is 36.1 Å². The van der Waals surface area contributed by atoms with Crippen LogP contribution in [0.5, 0.6) is 0 Å². The SMILES string of the molecule is O=C(Nc1cccc(C(=O)N2CCCCC2C(=O)O)c1)C(C1CC1)C1CC1. The van der Waals surface area contributed by atoms with Crippen molar-refractivity contribution in [1.82, 2.24) is 4.90 Å². The summed E-state index contributed by atoms with van der Waals surface area (Å²) in [5.41, 5.74) is 1.04. The quantitative estimate of drug-likeness (QED) is 0.805. The molecule has 2 amide bonds. The van der Waals surface area contributed by atoms with E-state index in [2.05, 4.69) is 5.32 Å². The first-order chi connectivity index (χ1) is 13.0. The van der Waals surface area contributed by atoms with E-state index in [0.717, 1.165) is 38.5 Å². The second-order valence-electron chi connectivity index (χ2n) is 8.12. The molecule has 0 radical (unpaired) electrons. The number of hydrogen-bond acceptors (Lipinski definition) is 3. The maximum Gasteiger partial charge on any atom is 0.326 e. The van der Waals surface area contributed by atoms with Gasteiger partial charge in [-0.3, -0.25) is 9.59 Å². The number of carboxylic acids is 1. The second kappa shape index (κ2) is 7.33. The lowest BCUT2D eigenvalue weighted by atomic mass is 9.96. The Morgan fingerprint density at radius 1 is 1.04 bits per heavy atom. The number of amides is 2. The van der Waals surface area contributed by atoms with Gasteiger partial charge in [0.2, 0.25) is 5.91 Å². The molecule has 6 nitrogen and oxygen atoms in total. The molecule has 2 saturated carbocycles. The molecule has 0 bridgehead atoms. The van der Waals surface area contributed by atoms with E-state index in [-0.39, 0.29) is 17.7 Å². The van der Waals surface area contributed by atoms with Gasteiger partial charge in [0.25, 0.3) is 5.91 Å². The van der Waals surface area contributed by atoms with E-state index in [9.17, 15) is 19.5 Å². The molecule has 1 aromatic carbocycles. The number of likely N-dealkylation sites (tertiary alicyclic amines) is 1. The van der Waals surface area contributed by atoms with Crippen molar-refractivity contribution >= 4 is 23.5 Å². The van der Waals surface area contributed by atoms with Crippen LogP contribution in [0.3, 0.4) is 0 Å². The number of carbonyl (C=O) groups is 3. The third-order valence-electron chi connectivity index (χ3n) is 5.99. The Kier molecular flexibility index (Phi) is 4.89. The predicted molar refractivity (Wildman–Crippen MR) is 100 cm³/mol. The van der Waals surface area contributed by atoms with Gasteiger partial charge in [-0.05, 0) is 75.0 Å². The van der Waals surface area contributed by atoms with Gasteiger partial charge in [-0.2, -0.15) is 0 Å². The van der Waals surface area contributed by atoms with Gasteiger partial charge in [-0.25, -0.2) is 4.79 Å². The van der Waals surface area contributed by atoms with Gasteiger partial charge in [0.05, 0.1) is 0 Å². The summed E-state index contributed by atoms with van der Waals surface area (Å²) in [6, 6.07) is 6.12. The summed E-state index contributed by atoms with van der Waals surface area (Å²) in [6.45, 7) is 0.456. The van der Waals surface area contributed by atoms with Crippen LogP contribution >= 0.6 is 0 Å². The number of benzene rings is 1. The highest BCUT2D eigenvalue weighted by atomic mass is 16.4. The standard InChI is InChI=1S/C21H26N2O4/c24-19(18(13-7-8-13)14-9-10-14)22-16-5-3-4-15(12-16)20(25)23-11-2-1-6-17(23)21(26)27/h3-5,12-14,17-18H,1-2,6-11H2,(H,22,24)(H,26,27). The number of nitrogens with zero attached hydrogens (tertiary/aromatic N) is 1. The van der Waals surface area contributed by atoms with Crippen LogP contribution in [0.1, 0.15) is 55.3 Å². The van der Waals surface area contributed by atoms with Crippen LogP contribution in [0, 0.1) is 17.8 Å². The number of aliphatic carboxylic acids is 1. The molecule has 0 aromatic heterocycles. The number of piperidine rings is 1. The molecule has 1 unspecified atom stereocenters. The summed E-state index contributed by atoms with van der Waals surface area (Å²) >= 11 is 0. The van der Waals surface area contributed by atoms with Gasteiger partial charge >= 0.3 is 5.97 Å². The minimum absolute atomic E-state index is 0.0611. The van der Waals surface area contributed by atoms with Crippen molar-refractivity contribution in [3.8, 4) is 0 Å². The molecule has 3 fully saturated rings. The molecule has 144 valence electrons. The van der Waals surface area contributed by atoms with Crippen LogP contribution in [-0.4, -0.2) is 40.4 Å². The highest BCUT2D eigenvalue weighted by Crippen LogP contribution is 2.49. The molecule has 1 saturated heterocycles. The van der Waals surface area contributed by atoms with Crippen molar-refractivity contribution in [3.63, 3.8) is 0 Å². The van der Waals surface area contributed by atoms with E-state index < -0.39 is 12.0 Å². The minimum atomic E-state index is -0.954. The van der Waals surface area contributed by atoms with Crippen molar-refractivity contribution in [2.45, 2.75) is 51.0 Å². The van der Waals surface area contributed by atoms with Gasteiger partial charge in [0, 0.05) is 23.7 Å². The van der Waals surface area contributed by atoms with Gasteiger partial charge in [-0.1, -0.05) is 6.07 Å². The highest BCUT2D eigenvalue weighted by molar-refractivity contribution is 5.99. The molecule has 1 aromatic rings. The normalized spacial score (nSPS) is 22.6. The van der Waals surface area contributed by atoms with Crippen molar-refractivity contribution in [1.29, 1.82) is 0 Å². The average Bonchev–Trinajstić information content (AvgIpc) is 3.57. The molecule has 0 spiro atoms. The van der Waals surface area contributed by atoms with Crippen LogP contribution in [0.2, 0.25) is 0 Å². The number of carboxylic acid groups (broad SMARTS) is 1. The topological polar surface area (TPSA) is 86.7 Å². The molecule has 1 atom stereocenters. The summed E-state index contributed by atoms with van der Waals surface area (Å²) < 4.78 is 0. The molecule has 2 N–H and O–H groups in total. The molecular weight excluding hydrogens is 344 g/mol. The Bertz CT molecular complexity index is 742. The van der Waals surface area contributed by atoms with Gasteiger partial charge < -0.3 is 15.3 Å². The largest absolute Gasteiger partial charge is 0.480 e. The third kappa shape index (κ3) is 3.99. The first-order valence-electron chi connectivity index (χ1n) is 9.99. The maximum atomic E-state index is 12.9. The molecular formula is C21H26N2O4. The van der Waals surface area contributed by atoms with Crippen molar-refractivity contribution in [3.05, 3.63) is 29.8 Å². The molecule has 27 heavy (non-hydrogen) atoms. The molecule has 1 aliphatic heterocycles.